The van der Waals surface area contributed by atoms with Crippen LogP contribution in [0.5, 0.6) is 5.75 Å². The van der Waals surface area contributed by atoms with Gasteiger partial charge in [0.2, 0.25) is 5.91 Å². The van der Waals surface area contributed by atoms with E-state index in [0.29, 0.717) is 33.9 Å². The van der Waals surface area contributed by atoms with E-state index in [1.165, 1.54) is 6.08 Å². The molecular formula is C38H29F4N3O4S. The van der Waals surface area contributed by atoms with Gasteiger partial charge in [0, 0.05) is 27.8 Å². The average molecular weight is 700 g/mol. The second-order valence-corrected chi connectivity index (χ2v) is 11.8. The van der Waals surface area contributed by atoms with E-state index in [1.54, 1.807) is 109 Å². The topological polar surface area (TPSA) is 96.5 Å². The van der Waals surface area contributed by atoms with Crippen LogP contribution in [-0.2, 0) is 9.59 Å². The molecule has 0 spiro atoms. The maximum Gasteiger partial charge on any atom is 0.272 e. The Morgan fingerprint density at radius 2 is 1.40 bits per heavy atom. The number of thioether (sulfide) groups is 1. The van der Waals surface area contributed by atoms with Crippen molar-refractivity contribution in [2.75, 3.05) is 17.2 Å². The molecular weight excluding hydrogens is 670 g/mol. The van der Waals surface area contributed by atoms with Crippen molar-refractivity contribution >= 4 is 46.9 Å². The summed E-state index contributed by atoms with van der Waals surface area (Å²) < 4.78 is 62.3. The Morgan fingerprint density at radius 1 is 0.760 bits per heavy atom. The van der Waals surface area contributed by atoms with Crippen LogP contribution in [0.4, 0.5) is 28.9 Å². The predicted octanol–water partition coefficient (Wildman–Crippen LogP) is 8.52. The predicted molar refractivity (Wildman–Crippen MR) is 185 cm³/mol. The average Bonchev–Trinajstić information content (AvgIpc) is 3.13. The number of ether oxygens (including phenoxy) is 1. The van der Waals surface area contributed by atoms with Crippen LogP contribution in [0.3, 0.4) is 0 Å². The molecule has 254 valence electrons. The summed E-state index contributed by atoms with van der Waals surface area (Å²) in [7, 11) is 0. The van der Waals surface area contributed by atoms with Crippen LogP contribution in [0.2, 0.25) is 0 Å². The first-order chi connectivity index (χ1) is 24.1. The third-order valence-corrected chi connectivity index (χ3v) is 8.34. The normalized spacial score (nSPS) is 11.7. The lowest BCUT2D eigenvalue weighted by atomic mass is 10.1. The Kier molecular flexibility index (Phi) is 11.7. The van der Waals surface area contributed by atoms with Crippen molar-refractivity contribution in [3.63, 3.8) is 0 Å². The molecule has 3 amide bonds. The molecule has 3 N–H and O–H groups in total. The Balaban J connectivity index is 1.42. The van der Waals surface area contributed by atoms with Gasteiger partial charge in [-0.25, -0.2) is 17.6 Å². The van der Waals surface area contributed by atoms with E-state index in [4.69, 9.17) is 4.74 Å². The Hall–Kier alpha value is -5.88. The quantitative estimate of drug-likeness (QED) is 0.0525. The Morgan fingerprint density at radius 3 is 2.08 bits per heavy atom. The molecule has 7 nitrogen and oxygen atoms in total. The molecule has 0 aliphatic rings. The molecule has 1 atom stereocenters. The minimum absolute atomic E-state index is 0.0506. The standard InChI is InChI=1S/C38H29F4N3O4S/c1-2-49-31-19-10-9-16-25(31)20-30(44-36(46)24-14-7-4-8-15-24)37(47)43-26-17-11-18-27(21-26)50-35(23-12-5-3-6-13-23)38(48)45-34-32(41)28(39)22-29(40)33(34)42/h3-22,35H,2H2,1H3,(H,43,47)(H,44,46)(H,45,48)/b30-20+. The molecule has 0 aliphatic heterocycles. The summed E-state index contributed by atoms with van der Waals surface area (Å²) in [5, 5.41) is 6.28. The summed E-state index contributed by atoms with van der Waals surface area (Å²) in [6.07, 6.45) is 1.49. The smallest absolute Gasteiger partial charge is 0.272 e. The van der Waals surface area contributed by atoms with Gasteiger partial charge in [-0.1, -0.05) is 72.8 Å². The van der Waals surface area contributed by atoms with Gasteiger partial charge in [-0.15, -0.1) is 11.8 Å². The number of anilines is 2. The second-order valence-electron chi connectivity index (χ2n) is 10.6. The fraction of sp³-hybridized carbons (Fsp3) is 0.0789. The van der Waals surface area contributed by atoms with E-state index in [-0.39, 0.29) is 17.5 Å². The molecule has 5 rings (SSSR count). The molecule has 0 bridgehead atoms. The fourth-order valence-electron chi connectivity index (χ4n) is 4.74. The van der Waals surface area contributed by atoms with Crippen LogP contribution in [0.1, 0.15) is 33.7 Å². The maximum absolute atomic E-state index is 14.4. The lowest BCUT2D eigenvalue weighted by Gasteiger charge is -2.18. The van der Waals surface area contributed by atoms with Crippen molar-refractivity contribution in [3.8, 4) is 5.75 Å². The number of carbonyl (C=O) groups excluding carboxylic acids is 3. The Bertz CT molecular complexity index is 2020. The van der Waals surface area contributed by atoms with Crippen molar-refractivity contribution in [1.29, 1.82) is 0 Å². The molecule has 0 saturated heterocycles. The first-order valence-electron chi connectivity index (χ1n) is 15.2. The number of nitrogens with one attached hydrogen (secondary N) is 3. The molecule has 0 aromatic heterocycles. The number of hydrogen-bond donors (Lipinski definition) is 3. The van der Waals surface area contributed by atoms with E-state index in [9.17, 15) is 31.9 Å². The Labute approximate surface area is 289 Å². The van der Waals surface area contributed by atoms with E-state index >= 15 is 0 Å². The van der Waals surface area contributed by atoms with Crippen LogP contribution < -0.4 is 20.7 Å². The van der Waals surface area contributed by atoms with Gasteiger partial charge in [0.05, 0.1) is 6.61 Å². The highest BCUT2D eigenvalue weighted by Gasteiger charge is 2.27. The first-order valence-corrected chi connectivity index (χ1v) is 16.1. The van der Waals surface area contributed by atoms with Crippen LogP contribution in [-0.4, -0.2) is 24.3 Å². The summed E-state index contributed by atoms with van der Waals surface area (Å²) in [5.41, 5.74) is 0.238. The maximum atomic E-state index is 14.4. The number of halogens is 4. The van der Waals surface area contributed by atoms with Gasteiger partial charge in [-0.3, -0.25) is 14.4 Å². The number of amides is 3. The molecule has 12 heteroatoms. The van der Waals surface area contributed by atoms with Crippen LogP contribution >= 0.6 is 11.8 Å². The largest absolute Gasteiger partial charge is 0.493 e. The minimum atomic E-state index is -1.74. The lowest BCUT2D eigenvalue weighted by Crippen LogP contribution is -2.30. The molecule has 0 radical (unpaired) electrons. The monoisotopic (exact) mass is 699 g/mol. The number of carbonyl (C=O) groups is 3. The molecule has 0 heterocycles. The van der Waals surface area contributed by atoms with Crippen molar-refractivity contribution < 1.29 is 36.7 Å². The zero-order valence-electron chi connectivity index (χ0n) is 26.4. The van der Waals surface area contributed by atoms with Gasteiger partial charge >= 0.3 is 0 Å². The van der Waals surface area contributed by atoms with Crippen molar-refractivity contribution in [3.05, 3.63) is 161 Å². The van der Waals surface area contributed by atoms with Crippen LogP contribution in [0.15, 0.2) is 126 Å². The summed E-state index contributed by atoms with van der Waals surface area (Å²) in [5.74, 6) is -8.47. The highest BCUT2D eigenvalue weighted by molar-refractivity contribution is 8.00. The molecule has 5 aromatic rings. The zero-order chi connectivity index (χ0) is 35.6. The molecule has 5 aromatic carbocycles. The second kappa shape index (κ2) is 16.5. The van der Waals surface area contributed by atoms with E-state index in [1.807, 2.05) is 12.2 Å². The molecule has 0 fully saturated rings. The van der Waals surface area contributed by atoms with Gasteiger partial charge < -0.3 is 20.7 Å². The molecule has 0 aliphatic carbocycles. The highest BCUT2D eigenvalue weighted by Crippen LogP contribution is 2.38. The van der Waals surface area contributed by atoms with Crippen molar-refractivity contribution in [2.45, 2.75) is 17.1 Å². The number of hydrogen-bond acceptors (Lipinski definition) is 5. The third kappa shape index (κ3) is 8.77. The van der Waals surface area contributed by atoms with Gasteiger partial charge in [-0.05, 0) is 55.0 Å². The van der Waals surface area contributed by atoms with Gasteiger partial charge in [0.15, 0.2) is 23.3 Å². The number of para-hydroxylation sites is 1. The lowest BCUT2D eigenvalue weighted by molar-refractivity contribution is -0.116. The fourth-order valence-corrected chi connectivity index (χ4v) is 5.82. The van der Waals surface area contributed by atoms with Crippen LogP contribution in [0, 0.1) is 23.3 Å². The zero-order valence-corrected chi connectivity index (χ0v) is 27.2. The van der Waals surface area contributed by atoms with E-state index < -0.39 is 51.9 Å². The highest BCUT2D eigenvalue weighted by atomic mass is 32.2. The van der Waals surface area contributed by atoms with Crippen molar-refractivity contribution in [2.24, 2.45) is 0 Å². The molecule has 1 unspecified atom stereocenters. The summed E-state index contributed by atoms with van der Waals surface area (Å²) >= 11 is 0.960. The van der Waals surface area contributed by atoms with Gasteiger partial charge in [0.25, 0.3) is 11.8 Å². The van der Waals surface area contributed by atoms with E-state index in [2.05, 4.69) is 10.6 Å². The third-order valence-electron chi connectivity index (χ3n) is 7.09. The van der Waals surface area contributed by atoms with Crippen molar-refractivity contribution in [1.82, 2.24) is 5.32 Å². The molecule has 50 heavy (non-hydrogen) atoms. The molecule has 0 saturated carbocycles. The number of benzene rings is 5. The minimum Gasteiger partial charge on any atom is -0.493 e. The first kappa shape index (κ1) is 35.4. The van der Waals surface area contributed by atoms with Crippen LogP contribution in [0.25, 0.3) is 6.08 Å². The SMILES string of the molecule is CCOc1ccccc1/C=C(/NC(=O)c1ccccc1)C(=O)Nc1cccc(SC(C(=O)Nc2c(F)c(F)cc(F)c2F)c2ccccc2)c1. The van der Waals surface area contributed by atoms with Gasteiger partial charge in [0.1, 0.15) is 22.4 Å². The summed E-state index contributed by atoms with van der Waals surface area (Å²) in [4.78, 5) is 40.7. The van der Waals surface area contributed by atoms with E-state index in [0.717, 1.165) is 11.8 Å². The van der Waals surface area contributed by atoms with Gasteiger partial charge in [-0.2, -0.15) is 0 Å². The summed E-state index contributed by atoms with van der Waals surface area (Å²) in [6.45, 7) is 2.19. The summed E-state index contributed by atoms with van der Waals surface area (Å²) in [6, 6.07) is 30.0. The number of rotatable bonds is 12.